The number of aliphatic hydroxyl groups excluding tert-OH is 2. The van der Waals surface area contributed by atoms with E-state index in [-0.39, 0.29) is 0 Å². The molecule has 27 N–H and O–H groups in total. The number of aliphatic carboxylic acids is 9. The molecule has 0 aliphatic heterocycles. The van der Waals surface area contributed by atoms with Crippen molar-refractivity contribution in [2.24, 2.45) is 17.6 Å². The van der Waals surface area contributed by atoms with E-state index in [2.05, 4.69) is 42.5 Å². The second kappa shape index (κ2) is 50.3. The van der Waals surface area contributed by atoms with Crippen LogP contribution in [0.25, 0.3) is 0 Å². The number of carbonyl (C=O) groups excluding carboxylic acids is 14. The first-order chi connectivity index (χ1) is 51.2. The van der Waals surface area contributed by atoms with Crippen LogP contribution < -0.4 is 80.2 Å². The van der Waals surface area contributed by atoms with Crippen molar-refractivity contribution in [2.75, 3.05) is 32.8 Å². The van der Waals surface area contributed by atoms with Crippen LogP contribution in [0.3, 0.4) is 0 Å². The molecule has 0 radical (unpaired) electrons. The molecule has 0 unspecified atom stereocenters. The van der Waals surface area contributed by atoms with Crippen LogP contribution in [0.1, 0.15) is 124 Å². The zero-order valence-electron chi connectivity index (χ0n) is 59.6. The average molecular weight is 1580 g/mol. The van der Waals surface area contributed by atoms with Crippen LogP contribution in [0.4, 0.5) is 0 Å². The number of amides is 14. The first kappa shape index (κ1) is 97.7. The van der Waals surface area contributed by atoms with Crippen LogP contribution in [-0.2, 0) is 110 Å². The van der Waals surface area contributed by atoms with Gasteiger partial charge in [-0.3, -0.25) is 105 Å². The molecule has 0 spiro atoms. The molecule has 0 heterocycles. The Hall–Kier alpha value is -12.3. The lowest BCUT2D eigenvalue weighted by molar-refractivity contribution is -0.144. The van der Waals surface area contributed by atoms with Gasteiger partial charge in [0.05, 0.1) is 39.3 Å². The van der Waals surface area contributed by atoms with E-state index in [9.17, 15) is 161 Å². The molecule has 0 aliphatic rings. The number of aliphatic hydroxyl groups is 2. The summed E-state index contributed by atoms with van der Waals surface area (Å²) in [4.78, 5) is 291. The molecule has 0 aliphatic carbocycles. The third-order valence-corrected chi connectivity index (χ3v) is 15.1. The molecule has 0 bridgehead atoms. The summed E-state index contributed by atoms with van der Waals surface area (Å²) in [5.74, 6) is -33.9. The number of carbonyl (C=O) groups is 23. The Morgan fingerprint density at radius 3 is 0.755 bits per heavy atom. The summed E-state index contributed by atoms with van der Waals surface area (Å²) in [5, 5.41) is 133. The lowest BCUT2D eigenvalue weighted by Crippen LogP contribution is -2.61. The second-order valence-corrected chi connectivity index (χ2v) is 24.8. The van der Waals surface area contributed by atoms with Crippen LogP contribution >= 0.6 is 0 Å². The van der Waals surface area contributed by atoms with Gasteiger partial charge in [-0.15, -0.1) is 0 Å². The molecule has 0 rings (SSSR count). The lowest BCUT2D eigenvalue weighted by atomic mass is 10.0. The largest absolute Gasteiger partial charge is 0.481 e. The van der Waals surface area contributed by atoms with Gasteiger partial charge in [-0.2, -0.15) is 0 Å². The van der Waals surface area contributed by atoms with Crippen molar-refractivity contribution < 1.29 is 166 Å². The fraction of sp³-hybridized carbons (Fsp3) is 0.623. The zero-order chi connectivity index (χ0) is 84.4. The maximum Gasteiger partial charge on any atom is 0.326 e. The highest BCUT2D eigenvalue weighted by Gasteiger charge is 2.38. The Morgan fingerprint density at radius 2 is 0.482 bits per heavy atom. The number of carboxylic acid groups (broad SMARTS) is 9. The van der Waals surface area contributed by atoms with E-state index in [1.165, 1.54) is 27.7 Å². The van der Waals surface area contributed by atoms with E-state index < -0.39 is 350 Å². The average Bonchev–Trinajstić information content (AvgIpc) is 0.857. The van der Waals surface area contributed by atoms with Gasteiger partial charge in [-0.05, 0) is 56.8 Å². The molecule has 0 aromatic rings. The van der Waals surface area contributed by atoms with Gasteiger partial charge in [-0.1, -0.05) is 27.7 Å². The predicted octanol–water partition coefficient (Wildman–Crippen LogP) is -11.1. The number of rotatable bonds is 56. The summed E-state index contributed by atoms with van der Waals surface area (Å²) >= 11 is 0. The third-order valence-electron chi connectivity index (χ3n) is 15.1. The minimum atomic E-state index is -2.05. The summed E-state index contributed by atoms with van der Waals surface area (Å²) < 4.78 is 0. The zero-order valence-corrected chi connectivity index (χ0v) is 59.6. The van der Waals surface area contributed by atoms with Crippen LogP contribution in [-0.4, -0.2) is 298 Å². The maximum absolute atomic E-state index is 13.8. The Kier molecular flexibility index (Phi) is 44.7. The summed E-state index contributed by atoms with van der Waals surface area (Å²) in [6.45, 7) is 0.105. The van der Waals surface area contributed by atoms with Crippen molar-refractivity contribution in [1.82, 2.24) is 74.4 Å². The van der Waals surface area contributed by atoms with E-state index in [0.29, 0.717) is 0 Å². The highest BCUT2D eigenvalue weighted by atomic mass is 16.4. The third kappa shape index (κ3) is 40.4. The monoisotopic (exact) mass is 1580 g/mol. The van der Waals surface area contributed by atoms with Crippen LogP contribution in [0.2, 0.25) is 0 Å². The summed E-state index contributed by atoms with van der Waals surface area (Å²) in [5.41, 5.74) is 5.50. The molecular formula is C61H93N15O34. The Bertz CT molecular complexity index is 3370. The summed E-state index contributed by atoms with van der Waals surface area (Å²) in [6.07, 6.45) is -12.5. The van der Waals surface area contributed by atoms with E-state index in [0.717, 1.165) is 0 Å². The Labute approximate surface area is 622 Å². The van der Waals surface area contributed by atoms with Crippen molar-refractivity contribution in [3.63, 3.8) is 0 Å². The number of hydrogen-bond acceptors (Lipinski definition) is 26. The highest BCUT2D eigenvalue weighted by molar-refractivity contribution is 6.00. The van der Waals surface area contributed by atoms with Crippen LogP contribution in [0, 0.1) is 11.8 Å². The number of nitrogens with one attached hydrogen (secondary N) is 14. The van der Waals surface area contributed by atoms with Crippen molar-refractivity contribution in [1.29, 1.82) is 0 Å². The fourth-order valence-electron chi connectivity index (χ4n) is 9.21. The molecule has 49 nitrogen and oxygen atoms in total. The summed E-state index contributed by atoms with van der Waals surface area (Å²) in [6, 6.07) is -22.1. The Morgan fingerprint density at radius 1 is 0.255 bits per heavy atom. The quantitative estimate of drug-likeness (QED) is 0.0269. The topological polar surface area (TPSA) is 810 Å². The Balaban J connectivity index is 6.55. The highest BCUT2D eigenvalue weighted by Crippen LogP contribution is 2.12. The van der Waals surface area contributed by atoms with Gasteiger partial charge in [0.15, 0.2) is 0 Å². The van der Waals surface area contributed by atoms with E-state index in [4.69, 9.17) is 10.8 Å². The van der Waals surface area contributed by atoms with E-state index >= 15 is 0 Å². The van der Waals surface area contributed by atoms with E-state index in [1.54, 1.807) is 0 Å². The van der Waals surface area contributed by atoms with Gasteiger partial charge in [0.25, 0.3) is 0 Å². The molecule has 14 amide bonds. The second-order valence-electron chi connectivity index (χ2n) is 24.8. The maximum atomic E-state index is 13.8. The SMILES string of the molecule is CC(C)[C@H](NC(=O)[C@H](CO)NC(=O)[C@H](CC(=O)O)NC(=O)[C@@H](NC(=O)[C@@H](N)CO)C(C)C)C(=O)N[C@@H](CCC(=O)O)C(=O)NCC(=O)N[C@@H](CCC(=O)O)C(=O)NCC(=O)N[C@@H](CCC(=O)O)C(=O)N[C@@H](CCC(=O)O)C(=O)N[C@@H](CCC(=O)O)C(=O)NCC(=O)N[C@@H](CCC(=O)O)C(=O)N[C@@H](CCC(=O)O)C(=O)O. The fourth-order valence-corrected chi connectivity index (χ4v) is 9.21. The first-order valence-electron chi connectivity index (χ1n) is 33.3. The number of nitrogens with two attached hydrogens (primary N) is 1. The lowest BCUT2D eigenvalue weighted by Gasteiger charge is -2.28. The normalized spacial score (nSPS) is 14.1. The minimum absolute atomic E-state index is 0.649. The molecule has 0 fully saturated rings. The van der Waals surface area contributed by atoms with Crippen LogP contribution in [0.5, 0.6) is 0 Å². The van der Waals surface area contributed by atoms with Gasteiger partial charge >= 0.3 is 53.7 Å². The predicted molar refractivity (Wildman–Crippen MR) is 360 cm³/mol. The van der Waals surface area contributed by atoms with Crippen molar-refractivity contribution in [3.05, 3.63) is 0 Å². The standard InChI is InChI=1S/C61H93N15O34/c1-25(2)48(75-50(98)27(62)23-77)60(108)73-35(19-47(96)97)57(105)74-36(24-78)58(106)76-49(26(3)4)59(107)71-30(7-14-42(86)87)53(101)65-20-37(79)66-28(5-12-40(82)83)51(99)63-21-38(80)67-31(8-15-43(88)89)54(102)70-33(10-17-45(92)93)56(104)69-29(6-13-41(84)85)52(100)64-22-39(81)68-32(9-16-44(90)91)55(103)72-34(61(109)110)11-18-46(94)95/h25-36,48-49,77-78H,5-24,62H2,1-4H3,(H,63,99)(H,64,100)(H,65,101)(H,66,79)(H,67,80)(H,68,81)(H,69,104)(H,70,102)(H,71,107)(H,72,103)(H,73,108)(H,74,105)(H,75,98)(H,76,106)(H,82,83)(H,84,85)(H,86,87)(H,88,89)(H,90,91)(H,92,93)(H,94,95)(H,96,97)(H,109,110)/t27-,28-,29-,30-,31-,32-,33-,34-,35-,36-,48-,49-/m0/s1. The molecule has 49 heteroatoms. The molecule has 0 saturated heterocycles. The molecule has 616 valence electrons. The van der Waals surface area contributed by atoms with Gasteiger partial charge in [0.2, 0.25) is 82.7 Å². The van der Waals surface area contributed by atoms with Crippen molar-refractivity contribution in [2.45, 2.75) is 197 Å². The molecule has 0 aromatic heterocycles. The van der Waals surface area contributed by atoms with Gasteiger partial charge < -0.3 is 136 Å². The van der Waals surface area contributed by atoms with Crippen molar-refractivity contribution in [3.8, 4) is 0 Å². The molecule has 12 atom stereocenters. The van der Waals surface area contributed by atoms with Crippen molar-refractivity contribution >= 4 is 136 Å². The summed E-state index contributed by atoms with van der Waals surface area (Å²) in [7, 11) is 0. The minimum Gasteiger partial charge on any atom is -0.481 e. The van der Waals surface area contributed by atoms with Crippen LogP contribution in [0.15, 0.2) is 0 Å². The first-order valence-corrected chi connectivity index (χ1v) is 33.3. The van der Waals surface area contributed by atoms with Gasteiger partial charge in [0, 0.05) is 44.9 Å². The smallest absolute Gasteiger partial charge is 0.326 e. The van der Waals surface area contributed by atoms with Gasteiger partial charge in [0.1, 0.15) is 72.5 Å². The van der Waals surface area contributed by atoms with Gasteiger partial charge in [-0.25, -0.2) is 4.79 Å². The molecule has 0 aromatic carbocycles. The molecule has 110 heavy (non-hydrogen) atoms. The molecular weight excluding hydrogens is 1490 g/mol. The number of hydrogen-bond donors (Lipinski definition) is 26. The number of carboxylic acids is 9. The van der Waals surface area contributed by atoms with E-state index in [1.807, 2.05) is 31.9 Å². The molecule has 0 saturated carbocycles.